The summed E-state index contributed by atoms with van der Waals surface area (Å²) in [6.45, 7) is 2.09. The quantitative estimate of drug-likeness (QED) is 0.795. The van der Waals surface area contributed by atoms with Crippen LogP contribution in [0, 0.1) is 5.92 Å². The zero-order valence-electron chi connectivity index (χ0n) is 8.57. The van der Waals surface area contributed by atoms with Gasteiger partial charge in [0.25, 0.3) is 0 Å². The standard InChI is InChI=1S/C10H17N3O/c1-2-4-8-12-10(13-14-8)9(11)7-5-3-6-7/h7,9H,2-6,11H2,1H3. The molecule has 1 atom stereocenters. The molecule has 1 aromatic heterocycles. The van der Waals surface area contributed by atoms with E-state index in [1.165, 1.54) is 19.3 Å². The Balaban J connectivity index is 2.00. The van der Waals surface area contributed by atoms with Crippen LogP contribution in [0.4, 0.5) is 0 Å². The number of aromatic nitrogens is 2. The number of nitrogens with zero attached hydrogens (tertiary/aromatic N) is 2. The molecule has 0 aromatic carbocycles. The van der Waals surface area contributed by atoms with Crippen LogP contribution in [0.2, 0.25) is 0 Å². The maximum atomic E-state index is 6.02. The SMILES string of the molecule is CCCc1nc(C(N)C2CCC2)no1. The minimum absolute atomic E-state index is 0.0156. The summed E-state index contributed by atoms with van der Waals surface area (Å²) in [5, 5.41) is 3.93. The molecule has 2 N–H and O–H groups in total. The second kappa shape index (κ2) is 4.09. The molecule has 0 aliphatic heterocycles. The summed E-state index contributed by atoms with van der Waals surface area (Å²) < 4.78 is 5.10. The van der Waals surface area contributed by atoms with Crippen molar-refractivity contribution in [2.24, 2.45) is 11.7 Å². The molecule has 2 rings (SSSR count). The van der Waals surface area contributed by atoms with Gasteiger partial charge in [-0.25, -0.2) is 0 Å². The molecule has 78 valence electrons. The molecule has 0 spiro atoms. The molecule has 1 saturated carbocycles. The Bertz CT molecular complexity index is 293. The summed E-state index contributed by atoms with van der Waals surface area (Å²) in [4.78, 5) is 4.30. The molecule has 4 heteroatoms. The Labute approximate surface area is 83.9 Å². The summed E-state index contributed by atoms with van der Waals surface area (Å²) in [6, 6.07) is -0.0156. The highest BCUT2D eigenvalue weighted by atomic mass is 16.5. The van der Waals surface area contributed by atoms with Gasteiger partial charge in [0.1, 0.15) is 0 Å². The highest BCUT2D eigenvalue weighted by Crippen LogP contribution is 2.34. The lowest BCUT2D eigenvalue weighted by Gasteiger charge is -2.28. The third-order valence-electron chi connectivity index (χ3n) is 2.90. The van der Waals surface area contributed by atoms with E-state index in [4.69, 9.17) is 10.3 Å². The second-order valence-electron chi connectivity index (χ2n) is 4.01. The average Bonchev–Trinajstić information content (AvgIpc) is 2.50. The van der Waals surface area contributed by atoms with Crippen molar-refractivity contribution < 1.29 is 4.52 Å². The number of nitrogens with two attached hydrogens (primary N) is 1. The van der Waals surface area contributed by atoms with Crippen LogP contribution in [0.25, 0.3) is 0 Å². The summed E-state index contributed by atoms with van der Waals surface area (Å²) >= 11 is 0. The second-order valence-corrected chi connectivity index (χ2v) is 4.01. The van der Waals surface area contributed by atoms with E-state index in [0.29, 0.717) is 11.7 Å². The molecular formula is C10H17N3O. The minimum atomic E-state index is -0.0156. The number of aryl methyl sites for hydroxylation is 1. The third kappa shape index (κ3) is 1.80. The maximum absolute atomic E-state index is 6.02. The van der Waals surface area contributed by atoms with Crippen LogP contribution >= 0.6 is 0 Å². The predicted octanol–water partition coefficient (Wildman–Crippen LogP) is 1.82. The van der Waals surface area contributed by atoms with Gasteiger partial charge in [0.05, 0.1) is 6.04 Å². The molecule has 1 aliphatic rings. The van der Waals surface area contributed by atoms with Crippen LogP contribution in [0.5, 0.6) is 0 Å². The van der Waals surface area contributed by atoms with E-state index < -0.39 is 0 Å². The highest BCUT2D eigenvalue weighted by molar-refractivity contribution is 4.97. The van der Waals surface area contributed by atoms with E-state index in [1.54, 1.807) is 0 Å². The van der Waals surface area contributed by atoms with Gasteiger partial charge in [-0.1, -0.05) is 18.5 Å². The van der Waals surface area contributed by atoms with Crippen molar-refractivity contribution >= 4 is 0 Å². The van der Waals surface area contributed by atoms with E-state index in [1.807, 2.05) is 0 Å². The molecule has 1 aromatic rings. The summed E-state index contributed by atoms with van der Waals surface area (Å²) in [6.07, 6.45) is 5.58. The van der Waals surface area contributed by atoms with E-state index in [2.05, 4.69) is 17.1 Å². The van der Waals surface area contributed by atoms with Crippen LogP contribution in [-0.2, 0) is 6.42 Å². The van der Waals surface area contributed by atoms with Crippen molar-refractivity contribution in [2.75, 3.05) is 0 Å². The first-order chi connectivity index (χ1) is 6.81. The van der Waals surface area contributed by atoms with E-state index in [-0.39, 0.29) is 6.04 Å². The molecule has 1 aliphatic carbocycles. The minimum Gasteiger partial charge on any atom is -0.339 e. The lowest BCUT2D eigenvalue weighted by molar-refractivity contribution is 0.252. The summed E-state index contributed by atoms with van der Waals surface area (Å²) in [7, 11) is 0. The molecular weight excluding hydrogens is 178 g/mol. The summed E-state index contributed by atoms with van der Waals surface area (Å²) in [5.41, 5.74) is 6.02. The monoisotopic (exact) mass is 195 g/mol. The van der Waals surface area contributed by atoms with Gasteiger partial charge < -0.3 is 10.3 Å². The molecule has 1 unspecified atom stereocenters. The Kier molecular flexibility index (Phi) is 2.82. The first kappa shape index (κ1) is 9.65. The number of rotatable bonds is 4. The molecule has 1 fully saturated rings. The van der Waals surface area contributed by atoms with Crippen molar-refractivity contribution in [3.63, 3.8) is 0 Å². The molecule has 0 amide bonds. The molecule has 4 nitrogen and oxygen atoms in total. The molecule has 14 heavy (non-hydrogen) atoms. The van der Waals surface area contributed by atoms with Crippen LogP contribution in [-0.4, -0.2) is 10.1 Å². The van der Waals surface area contributed by atoms with Crippen LogP contribution < -0.4 is 5.73 Å². The Morgan fingerprint density at radius 2 is 2.36 bits per heavy atom. The van der Waals surface area contributed by atoms with Crippen molar-refractivity contribution in [3.05, 3.63) is 11.7 Å². The zero-order valence-corrected chi connectivity index (χ0v) is 8.57. The molecule has 0 bridgehead atoms. The van der Waals surface area contributed by atoms with Crippen LogP contribution in [0.3, 0.4) is 0 Å². The van der Waals surface area contributed by atoms with Gasteiger partial charge in [-0.3, -0.25) is 0 Å². The largest absolute Gasteiger partial charge is 0.339 e. The predicted molar refractivity (Wildman–Crippen MR) is 52.6 cm³/mol. The van der Waals surface area contributed by atoms with E-state index >= 15 is 0 Å². The van der Waals surface area contributed by atoms with Gasteiger partial charge in [-0.05, 0) is 25.2 Å². The van der Waals surface area contributed by atoms with Crippen molar-refractivity contribution in [3.8, 4) is 0 Å². The van der Waals surface area contributed by atoms with Crippen LogP contribution in [0.1, 0.15) is 50.4 Å². The molecule has 1 heterocycles. The van der Waals surface area contributed by atoms with Crippen molar-refractivity contribution in [1.82, 2.24) is 10.1 Å². The Hall–Kier alpha value is -0.900. The lowest BCUT2D eigenvalue weighted by atomic mass is 9.80. The van der Waals surface area contributed by atoms with Gasteiger partial charge in [-0.2, -0.15) is 4.98 Å². The average molecular weight is 195 g/mol. The van der Waals surface area contributed by atoms with Gasteiger partial charge in [0, 0.05) is 6.42 Å². The van der Waals surface area contributed by atoms with E-state index in [9.17, 15) is 0 Å². The Morgan fingerprint density at radius 3 is 2.93 bits per heavy atom. The molecule has 0 saturated heterocycles. The smallest absolute Gasteiger partial charge is 0.226 e. The first-order valence-electron chi connectivity index (χ1n) is 5.39. The van der Waals surface area contributed by atoms with Gasteiger partial charge in [-0.15, -0.1) is 0 Å². The normalized spacial score (nSPS) is 19.3. The number of hydrogen-bond donors (Lipinski definition) is 1. The first-order valence-corrected chi connectivity index (χ1v) is 5.39. The van der Waals surface area contributed by atoms with Crippen molar-refractivity contribution in [1.29, 1.82) is 0 Å². The summed E-state index contributed by atoms with van der Waals surface area (Å²) in [5.74, 6) is 1.98. The third-order valence-corrected chi connectivity index (χ3v) is 2.90. The van der Waals surface area contributed by atoms with E-state index in [0.717, 1.165) is 18.7 Å². The number of hydrogen-bond acceptors (Lipinski definition) is 4. The molecule has 0 radical (unpaired) electrons. The van der Waals surface area contributed by atoms with Crippen LogP contribution in [0.15, 0.2) is 4.52 Å². The maximum Gasteiger partial charge on any atom is 0.226 e. The fourth-order valence-electron chi connectivity index (χ4n) is 1.73. The fourth-order valence-corrected chi connectivity index (χ4v) is 1.73. The van der Waals surface area contributed by atoms with Gasteiger partial charge >= 0.3 is 0 Å². The lowest BCUT2D eigenvalue weighted by Crippen LogP contribution is -2.27. The fraction of sp³-hybridized carbons (Fsp3) is 0.800. The Morgan fingerprint density at radius 1 is 1.57 bits per heavy atom. The van der Waals surface area contributed by atoms with Gasteiger partial charge in [0.2, 0.25) is 5.89 Å². The highest BCUT2D eigenvalue weighted by Gasteiger charge is 2.28. The van der Waals surface area contributed by atoms with Crippen molar-refractivity contribution in [2.45, 2.75) is 45.1 Å². The van der Waals surface area contributed by atoms with Gasteiger partial charge in [0.15, 0.2) is 5.82 Å². The topological polar surface area (TPSA) is 64.9 Å². The zero-order chi connectivity index (χ0) is 9.97.